The van der Waals surface area contributed by atoms with Crippen molar-refractivity contribution in [3.63, 3.8) is 0 Å². The Kier molecular flexibility index (Phi) is 3.78. The average molecular weight is 312 g/mol. The summed E-state index contributed by atoms with van der Waals surface area (Å²) in [4.78, 5) is 0. The van der Waals surface area contributed by atoms with Crippen LogP contribution in [0.15, 0.2) is 40.9 Å². The van der Waals surface area contributed by atoms with Gasteiger partial charge in [0.2, 0.25) is 0 Å². The van der Waals surface area contributed by atoms with Crippen molar-refractivity contribution in [1.29, 1.82) is 0 Å². The zero-order valence-electron chi connectivity index (χ0n) is 9.75. The van der Waals surface area contributed by atoms with Crippen molar-refractivity contribution in [2.24, 2.45) is 5.73 Å². The summed E-state index contributed by atoms with van der Waals surface area (Å²) in [6.07, 6.45) is 0. The number of rotatable bonds is 2. The van der Waals surface area contributed by atoms with Crippen LogP contribution in [-0.2, 0) is 0 Å². The Morgan fingerprint density at radius 2 is 1.83 bits per heavy atom. The minimum Gasteiger partial charge on any atom is -0.324 e. The lowest BCUT2D eigenvalue weighted by Gasteiger charge is -2.14. The van der Waals surface area contributed by atoms with Gasteiger partial charge in [0.25, 0.3) is 0 Å². The molecule has 0 aliphatic heterocycles. The Balaban J connectivity index is 2.69. The molecule has 0 spiro atoms. The molecule has 0 bridgehead atoms. The first kappa shape index (κ1) is 13.2. The van der Waals surface area contributed by atoms with E-state index in [-0.39, 0.29) is 6.04 Å². The molecule has 0 saturated heterocycles. The van der Waals surface area contributed by atoms with E-state index in [1.54, 1.807) is 31.2 Å². The third-order valence-corrected chi connectivity index (χ3v) is 3.36. The average Bonchev–Trinajstić information content (AvgIpc) is 2.32. The minimum atomic E-state index is -0.412. The molecular formula is C14H12BrF2N. The molecule has 0 heterocycles. The van der Waals surface area contributed by atoms with Crippen LogP contribution >= 0.6 is 15.9 Å². The van der Waals surface area contributed by atoms with Gasteiger partial charge in [-0.15, -0.1) is 0 Å². The Labute approximate surface area is 113 Å². The summed E-state index contributed by atoms with van der Waals surface area (Å²) in [7, 11) is 0. The number of halogens is 3. The van der Waals surface area contributed by atoms with E-state index in [0.717, 1.165) is 0 Å². The highest BCUT2D eigenvalue weighted by Crippen LogP contribution is 2.32. The zero-order valence-corrected chi connectivity index (χ0v) is 11.3. The van der Waals surface area contributed by atoms with Crippen molar-refractivity contribution < 1.29 is 8.78 Å². The summed E-state index contributed by atoms with van der Waals surface area (Å²) >= 11 is 3.12. The monoisotopic (exact) mass is 311 g/mol. The molecule has 0 radical (unpaired) electrons. The zero-order chi connectivity index (χ0) is 13.3. The molecule has 18 heavy (non-hydrogen) atoms. The molecule has 0 aliphatic rings. The summed E-state index contributed by atoms with van der Waals surface area (Å²) in [6.45, 7) is 1.78. The van der Waals surface area contributed by atoms with Crippen LogP contribution in [0.1, 0.15) is 18.5 Å². The van der Waals surface area contributed by atoms with Crippen LogP contribution in [0, 0.1) is 11.6 Å². The molecule has 2 aromatic rings. The molecule has 94 valence electrons. The molecule has 2 rings (SSSR count). The van der Waals surface area contributed by atoms with E-state index in [9.17, 15) is 8.78 Å². The summed E-state index contributed by atoms with van der Waals surface area (Å²) in [5.74, 6) is -0.821. The maximum Gasteiger partial charge on any atom is 0.145 e. The lowest BCUT2D eigenvalue weighted by molar-refractivity contribution is 0.619. The van der Waals surface area contributed by atoms with Gasteiger partial charge in [-0.05, 0) is 52.2 Å². The first-order valence-corrected chi connectivity index (χ1v) is 6.29. The Hall–Kier alpha value is -1.26. The van der Waals surface area contributed by atoms with Gasteiger partial charge in [0.15, 0.2) is 0 Å². The van der Waals surface area contributed by atoms with Gasteiger partial charge < -0.3 is 5.73 Å². The number of benzene rings is 2. The fourth-order valence-corrected chi connectivity index (χ4v) is 2.24. The second-order valence-corrected chi connectivity index (χ2v) is 4.98. The summed E-state index contributed by atoms with van der Waals surface area (Å²) < 4.78 is 27.8. The highest BCUT2D eigenvalue weighted by atomic mass is 79.9. The van der Waals surface area contributed by atoms with Crippen LogP contribution in [0.4, 0.5) is 8.78 Å². The van der Waals surface area contributed by atoms with E-state index < -0.39 is 11.6 Å². The molecule has 0 aromatic heterocycles. The van der Waals surface area contributed by atoms with Crippen molar-refractivity contribution in [3.05, 3.63) is 58.1 Å². The van der Waals surface area contributed by atoms with Gasteiger partial charge in [-0.1, -0.05) is 18.2 Å². The standard InChI is InChI=1S/C14H12BrF2N/c1-8(18)10-6-5-9(16)7-12(10)11-3-2-4-13(15)14(11)17/h2-8H,18H2,1H3. The van der Waals surface area contributed by atoms with E-state index in [4.69, 9.17) is 5.73 Å². The molecule has 0 fully saturated rings. The van der Waals surface area contributed by atoms with Gasteiger partial charge in [0.05, 0.1) is 4.47 Å². The molecule has 0 amide bonds. The smallest absolute Gasteiger partial charge is 0.145 e. The first-order valence-electron chi connectivity index (χ1n) is 5.50. The molecule has 0 aliphatic carbocycles. The molecule has 0 saturated carbocycles. The van der Waals surface area contributed by atoms with Gasteiger partial charge in [0.1, 0.15) is 11.6 Å². The van der Waals surface area contributed by atoms with Gasteiger partial charge in [0, 0.05) is 11.6 Å². The number of hydrogen-bond donors (Lipinski definition) is 1. The molecule has 2 N–H and O–H groups in total. The molecule has 1 nitrogen and oxygen atoms in total. The van der Waals surface area contributed by atoms with E-state index in [1.165, 1.54) is 12.1 Å². The largest absolute Gasteiger partial charge is 0.324 e. The van der Waals surface area contributed by atoms with Crippen LogP contribution < -0.4 is 5.73 Å². The second-order valence-electron chi connectivity index (χ2n) is 4.12. The normalized spacial score (nSPS) is 12.5. The van der Waals surface area contributed by atoms with Crippen molar-refractivity contribution in [3.8, 4) is 11.1 Å². The third kappa shape index (κ3) is 2.44. The fraction of sp³-hybridized carbons (Fsp3) is 0.143. The topological polar surface area (TPSA) is 26.0 Å². The third-order valence-electron chi connectivity index (χ3n) is 2.75. The van der Waals surface area contributed by atoms with Crippen LogP contribution in [0.5, 0.6) is 0 Å². The van der Waals surface area contributed by atoms with Crippen LogP contribution in [0.3, 0.4) is 0 Å². The summed E-state index contributed by atoms with van der Waals surface area (Å²) in [6, 6.07) is 8.86. The van der Waals surface area contributed by atoms with Crippen LogP contribution in [0.2, 0.25) is 0 Å². The van der Waals surface area contributed by atoms with Gasteiger partial charge in [-0.25, -0.2) is 8.78 Å². The summed E-state index contributed by atoms with van der Waals surface area (Å²) in [5.41, 5.74) is 7.38. The van der Waals surface area contributed by atoms with Gasteiger partial charge in [-0.2, -0.15) is 0 Å². The molecule has 4 heteroatoms. The van der Waals surface area contributed by atoms with Crippen molar-refractivity contribution >= 4 is 15.9 Å². The van der Waals surface area contributed by atoms with Gasteiger partial charge >= 0.3 is 0 Å². The maximum atomic E-state index is 14.1. The molecule has 1 atom stereocenters. The predicted octanol–water partition coefficient (Wildman–Crippen LogP) is 4.41. The van der Waals surface area contributed by atoms with E-state index in [0.29, 0.717) is 21.2 Å². The van der Waals surface area contributed by atoms with Crippen molar-refractivity contribution in [2.45, 2.75) is 13.0 Å². The quantitative estimate of drug-likeness (QED) is 0.873. The first-order chi connectivity index (χ1) is 8.50. The Morgan fingerprint density at radius 3 is 2.50 bits per heavy atom. The minimum absolute atomic E-state index is 0.293. The number of nitrogens with two attached hydrogens (primary N) is 1. The van der Waals surface area contributed by atoms with Crippen LogP contribution in [0.25, 0.3) is 11.1 Å². The summed E-state index contributed by atoms with van der Waals surface area (Å²) in [5, 5.41) is 0. The predicted molar refractivity (Wildman–Crippen MR) is 72.1 cm³/mol. The Bertz CT molecular complexity index is 582. The van der Waals surface area contributed by atoms with E-state index in [2.05, 4.69) is 15.9 Å². The maximum absolute atomic E-state index is 14.1. The lowest BCUT2D eigenvalue weighted by Crippen LogP contribution is -2.07. The van der Waals surface area contributed by atoms with E-state index >= 15 is 0 Å². The lowest BCUT2D eigenvalue weighted by atomic mass is 9.95. The fourth-order valence-electron chi connectivity index (χ4n) is 1.87. The number of hydrogen-bond acceptors (Lipinski definition) is 1. The van der Waals surface area contributed by atoms with E-state index in [1.807, 2.05) is 0 Å². The second kappa shape index (κ2) is 5.16. The van der Waals surface area contributed by atoms with Crippen LogP contribution in [-0.4, -0.2) is 0 Å². The van der Waals surface area contributed by atoms with Gasteiger partial charge in [-0.3, -0.25) is 0 Å². The molecule has 1 unspecified atom stereocenters. The molecule has 2 aromatic carbocycles. The van der Waals surface area contributed by atoms with Crippen molar-refractivity contribution in [1.82, 2.24) is 0 Å². The highest BCUT2D eigenvalue weighted by molar-refractivity contribution is 9.10. The SMILES string of the molecule is CC(N)c1ccc(F)cc1-c1cccc(Br)c1F. The highest BCUT2D eigenvalue weighted by Gasteiger charge is 2.14. The van der Waals surface area contributed by atoms with Crippen molar-refractivity contribution in [2.75, 3.05) is 0 Å². The Morgan fingerprint density at radius 1 is 1.11 bits per heavy atom. The molecular weight excluding hydrogens is 300 g/mol.